The number of carbonyl (C=O) groups excluding carboxylic acids is 1. The molecule has 4 rings (SSSR count). The van der Waals surface area contributed by atoms with Crippen LogP contribution < -0.4 is 9.46 Å². The summed E-state index contributed by atoms with van der Waals surface area (Å²) >= 11 is 0. The van der Waals surface area contributed by atoms with Crippen molar-refractivity contribution in [3.63, 3.8) is 0 Å². The molecule has 1 aliphatic rings. The van der Waals surface area contributed by atoms with Crippen LogP contribution in [0.3, 0.4) is 0 Å². The summed E-state index contributed by atoms with van der Waals surface area (Å²) in [6.45, 7) is 3.71. The van der Waals surface area contributed by atoms with Crippen molar-refractivity contribution in [2.45, 2.75) is 43.2 Å². The monoisotopic (exact) mass is 492 g/mol. The average Bonchev–Trinajstić information content (AvgIpc) is 3.20. The lowest BCUT2D eigenvalue weighted by Gasteiger charge is -2.31. The zero-order chi connectivity index (χ0) is 25.1. The second-order valence-corrected chi connectivity index (χ2v) is 10.2. The van der Waals surface area contributed by atoms with E-state index in [4.69, 9.17) is 14.5 Å². The highest BCUT2D eigenvalue weighted by Gasteiger charge is 2.52. The lowest BCUT2D eigenvalue weighted by Crippen LogP contribution is -2.56. The summed E-state index contributed by atoms with van der Waals surface area (Å²) < 4.78 is 40.2. The van der Waals surface area contributed by atoms with Gasteiger partial charge in [0.05, 0.1) is 18.0 Å². The van der Waals surface area contributed by atoms with Crippen molar-refractivity contribution in [2.24, 2.45) is 4.99 Å². The summed E-state index contributed by atoms with van der Waals surface area (Å²) in [6, 6.07) is 22.1. The van der Waals surface area contributed by atoms with Gasteiger partial charge < -0.3 is 9.47 Å². The molecule has 0 radical (unpaired) electrons. The largest absolute Gasteiger partial charge is 0.497 e. The van der Waals surface area contributed by atoms with Gasteiger partial charge in [0.15, 0.2) is 5.54 Å². The number of aliphatic imine (C=N–C) groups is 1. The van der Waals surface area contributed by atoms with Crippen molar-refractivity contribution in [3.05, 3.63) is 95.6 Å². The van der Waals surface area contributed by atoms with Crippen molar-refractivity contribution in [1.82, 2.24) is 4.72 Å². The number of nitrogens with one attached hydrogen (secondary N) is 1. The molecule has 1 heterocycles. The van der Waals surface area contributed by atoms with E-state index in [9.17, 15) is 13.2 Å². The maximum Gasteiger partial charge on any atom is 0.342 e. The Bertz CT molecular complexity index is 1320. The minimum absolute atomic E-state index is 0.127. The van der Waals surface area contributed by atoms with Crippen molar-refractivity contribution >= 4 is 21.9 Å². The predicted molar refractivity (Wildman–Crippen MR) is 134 cm³/mol. The van der Waals surface area contributed by atoms with Gasteiger partial charge >= 0.3 is 5.97 Å². The molecule has 0 aliphatic carbocycles. The number of hydrogen-bond donors (Lipinski definition) is 1. The first kappa shape index (κ1) is 24.6. The number of benzene rings is 3. The van der Waals surface area contributed by atoms with E-state index in [0.717, 1.165) is 11.1 Å². The standard InChI is InChI=1S/C27H28N2O5S/c1-4-24(29-35(31,32)23-16-10-19(2)11-17-23)27(18-20-8-6-5-7-9-20)26(30)34-25(28-27)21-12-14-22(33-3)15-13-21/h5-17,24,29H,4,18H2,1-3H3/t24-,27+/m1/s1. The number of methoxy groups -OCH3 is 1. The maximum absolute atomic E-state index is 13.5. The molecule has 35 heavy (non-hydrogen) atoms. The van der Waals surface area contributed by atoms with Gasteiger partial charge in [-0.25, -0.2) is 22.9 Å². The molecular weight excluding hydrogens is 464 g/mol. The molecule has 0 spiro atoms. The van der Waals surface area contributed by atoms with E-state index in [1.165, 1.54) is 0 Å². The SMILES string of the molecule is CC[C@@H](NS(=O)(=O)c1ccc(C)cc1)[C@]1(Cc2ccccc2)N=C(c2ccc(OC)cc2)OC1=O. The molecule has 7 nitrogen and oxygen atoms in total. The second kappa shape index (κ2) is 10.0. The molecular formula is C27H28N2O5S. The number of hydrogen-bond acceptors (Lipinski definition) is 6. The first-order valence-electron chi connectivity index (χ1n) is 11.4. The summed E-state index contributed by atoms with van der Waals surface area (Å²) in [5, 5.41) is 0. The Morgan fingerprint density at radius 2 is 1.66 bits per heavy atom. The molecule has 1 N–H and O–H groups in total. The molecule has 0 bridgehead atoms. The van der Waals surface area contributed by atoms with Gasteiger partial charge in [-0.2, -0.15) is 0 Å². The molecule has 2 atom stereocenters. The van der Waals surface area contributed by atoms with Gasteiger partial charge in [-0.1, -0.05) is 55.0 Å². The van der Waals surface area contributed by atoms with Crippen LogP contribution in [0.1, 0.15) is 30.0 Å². The van der Waals surface area contributed by atoms with Crippen LogP contribution in [0.25, 0.3) is 0 Å². The van der Waals surface area contributed by atoms with E-state index in [1.807, 2.05) is 44.2 Å². The van der Waals surface area contributed by atoms with Crippen LogP contribution in [0.15, 0.2) is 88.8 Å². The molecule has 3 aromatic rings. The lowest BCUT2D eigenvalue weighted by atomic mass is 9.83. The van der Waals surface area contributed by atoms with Gasteiger partial charge in [0, 0.05) is 12.0 Å². The van der Waals surface area contributed by atoms with Crippen molar-refractivity contribution in [2.75, 3.05) is 7.11 Å². The smallest absolute Gasteiger partial charge is 0.342 e. The summed E-state index contributed by atoms with van der Waals surface area (Å²) in [7, 11) is -2.35. The Hall–Kier alpha value is -3.49. The van der Waals surface area contributed by atoms with Gasteiger partial charge in [-0.05, 0) is 55.3 Å². The number of cyclic esters (lactones) is 1. The van der Waals surface area contributed by atoms with Crippen molar-refractivity contribution < 1.29 is 22.7 Å². The molecule has 8 heteroatoms. The fourth-order valence-corrected chi connectivity index (χ4v) is 5.50. The van der Waals surface area contributed by atoms with Crippen molar-refractivity contribution in [1.29, 1.82) is 0 Å². The summed E-state index contributed by atoms with van der Waals surface area (Å²) in [6.07, 6.45) is 0.508. The Kier molecular flexibility index (Phi) is 7.05. The Labute approximate surface area is 205 Å². The van der Waals surface area contributed by atoms with E-state index in [2.05, 4.69) is 4.72 Å². The molecule has 0 saturated heterocycles. The molecule has 0 aromatic heterocycles. The maximum atomic E-state index is 13.5. The Balaban J connectivity index is 1.76. The number of nitrogens with zero attached hydrogens (tertiary/aromatic N) is 1. The number of carbonyl (C=O) groups is 1. The molecule has 0 fully saturated rings. The minimum Gasteiger partial charge on any atom is -0.497 e. The topological polar surface area (TPSA) is 94.1 Å². The highest BCUT2D eigenvalue weighted by atomic mass is 32.2. The second-order valence-electron chi connectivity index (χ2n) is 8.52. The van der Waals surface area contributed by atoms with E-state index >= 15 is 0 Å². The Morgan fingerprint density at radius 1 is 1.00 bits per heavy atom. The molecule has 182 valence electrons. The van der Waals surface area contributed by atoms with Gasteiger partial charge in [0.25, 0.3) is 0 Å². The Morgan fingerprint density at radius 3 is 2.26 bits per heavy atom. The van der Waals surface area contributed by atoms with Crippen LogP contribution in [-0.2, 0) is 26.0 Å². The molecule has 0 unspecified atom stereocenters. The fraction of sp³-hybridized carbons (Fsp3) is 0.259. The lowest BCUT2D eigenvalue weighted by molar-refractivity contribution is -0.139. The third-order valence-corrected chi connectivity index (χ3v) is 7.60. The molecule has 1 aliphatic heterocycles. The summed E-state index contributed by atoms with van der Waals surface area (Å²) in [5.74, 6) is 0.221. The molecule has 0 amide bonds. The van der Waals surface area contributed by atoms with Crippen LogP contribution in [-0.4, -0.2) is 39.0 Å². The zero-order valence-electron chi connectivity index (χ0n) is 19.9. The molecule has 0 saturated carbocycles. The number of sulfonamides is 1. The number of aryl methyl sites for hydroxylation is 1. The third kappa shape index (κ3) is 5.13. The molecule has 3 aromatic carbocycles. The van der Waals surface area contributed by atoms with E-state index < -0.39 is 27.6 Å². The van der Waals surface area contributed by atoms with Gasteiger partial charge in [0.1, 0.15) is 5.75 Å². The highest BCUT2D eigenvalue weighted by Crippen LogP contribution is 2.33. The fourth-order valence-electron chi connectivity index (χ4n) is 4.14. The van der Waals surface area contributed by atoms with Crippen LogP contribution >= 0.6 is 0 Å². The third-order valence-electron chi connectivity index (χ3n) is 6.11. The van der Waals surface area contributed by atoms with E-state index in [-0.39, 0.29) is 17.2 Å². The number of esters is 1. The average molecular weight is 493 g/mol. The van der Waals surface area contributed by atoms with Crippen LogP contribution in [0.2, 0.25) is 0 Å². The van der Waals surface area contributed by atoms with Gasteiger partial charge in [-0.3, -0.25) is 0 Å². The highest BCUT2D eigenvalue weighted by molar-refractivity contribution is 7.89. The minimum atomic E-state index is -3.91. The van der Waals surface area contributed by atoms with Crippen LogP contribution in [0.5, 0.6) is 5.75 Å². The van der Waals surface area contributed by atoms with Gasteiger partial charge in [0.2, 0.25) is 15.9 Å². The van der Waals surface area contributed by atoms with Gasteiger partial charge in [-0.15, -0.1) is 0 Å². The summed E-state index contributed by atoms with van der Waals surface area (Å²) in [5.41, 5.74) is 0.926. The van der Waals surface area contributed by atoms with E-state index in [1.54, 1.807) is 55.6 Å². The quantitative estimate of drug-likeness (QED) is 0.455. The predicted octanol–water partition coefficient (Wildman–Crippen LogP) is 4.05. The van der Waals surface area contributed by atoms with Crippen LogP contribution in [0, 0.1) is 6.92 Å². The number of rotatable bonds is 9. The van der Waals surface area contributed by atoms with Crippen molar-refractivity contribution in [3.8, 4) is 5.75 Å². The van der Waals surface area contributed by atoms with Crippen LogP contribution in [0.4, 0.5) is 0 Å². The number of ether oxygens (including phenoxy) is 2. The first-order chi connectivity index (χ1) is 16.8. The normalized spacial score (nSPS) is 18.6. The zero-order valence-corrected chi connectivity index (χ0v) is 20.7. The first-order valence-corrected chi connectivity index (χ1v) is 12.8. The van der Waals surface area contributed by atoms with E-state index in [0.29, 0.717) is 17.7 Å². The summed E-state index contributed by atoms with van der Waals surface area (Å²) in [4.78, 5) is 18.4.